The molecule has 2 aromatic rings. The normalized spacial score (nSPS) is 10.1. The van der Waals surface area contributed by atoms with E-state index in [1.54, 1.807) is 24.3 Å². The largest absolute Gasteiger partial charge is 0.481 e. The number of carbonyl (C=O) groups excluding carboxylic acids is 1. The molecule has 2 rings (SSSR count). The highest BCUT2D eigenvalue weighted by molar-refractivity contribution is 6.31. The molecule has 6 heteroatoms. The first kappa shape index (κ1) is 15.1. The maximum Gasteiger partial charge on any atom is 0.257 e. The predicted molar refractivity (Wildman–Crippen MR) is 84.5 cm³/mol. The Hall–Kier alpha value is -2.27. The molecule has 1 heterocycles. The van der Waals surface area contributed by atoms with E-state index in [0.29, 0.717) is 22.2 Å². The summed E-state index contributed by atoms with van der Waals surface area (Å²) in [6.07, 6.45) is 1.47. The molecule has 0 radical (unpaired) electrons. The molecule has 0 aliphatic heterocycles. The van der Waals surface area contributed by atoms with Crippen molar-refractivity contribution in [3.63, 3.8) is 0 Å². The third-order valence-electron chi connectivity index (χ3n) is 2.90. The van der Waals surface area contributed by atoms with Crippen molar-refractivity contribution >= 4 is 28.9 Å². The van der Waals surface area contributed by atoms with Crippen LogP contribution in [0.5, 0.6) is 5.88 Å². The van der Waals surface area contributed by atoms with Gasteiger partial charge < -0.3 is 15.0 Å². The fraction of sp³-hybridized carbons (Fsp3) is 0.200. The van der Waals surface area contributed by atoms with Crippen molar-refractivity contribution < 1.29 is 9.53 Å². The number of nitrogens with zero attached hydrogens (tertiary/aromatic N) is 2. The van der Waals surface area contributed by atoms with Gasteiger partial charge in [0, 0.05) is 31.4 Å². The summed E-state index contributed by atoms with van der Waals surface area (Å²) in [7, 11) is 5.32. The highest BCUT2D eigenvalue weighted by Crippen LogP contribution is 2.28. The fourth-order valence-electron chi connectivity index (χ4n) is 1.83. The molecular weight excluding hydrogens is 290 g/mol. The second kappa shape index (κ2) is 6.45. The van der Waals surface area contributed by atoms with E-state index in [0.717, 1.165) is 5.69 Å². The van der Waals surface area contributed by atoms with Crippen molar-refractivity contribution in [1.82, 2.24) is 4.98 Å². The number of amides is 1. The van der Waals surface area contributed by atoms with Crippen molar-refractivity contribution in [1.29, 1.82) is 0 Å². The van der Waals surface area contributed by atoms with Gasteiger partial charge in [-0.15, -0.1) is 0 Å². The Morgan fingerprint density at radius 1 is 1.29 bits per heavy atom. The first-order valence-electron chi connectivity index (χ1n) is 6.29. The number of halogens is 1. The Labute approximate surface area is 128 Å². The van der Waals surface area contributed by atoms with E-state index in [2.05, 4.69) is 10.3 Å². The summed E-state index contributed by atoms with van der Waals surface area (Å²) in [6.45, 7) is 0. The summed E-state index contributed by atoms with van der Waals surface area (Å²) < 4.78 is 4.97. The van der Waals surface area contributed by atoms with E-state index in [-0.39, 0.29) is 5.91 Å². The van der Waals surface area contributed by atoms with Gasteiger partial charge in [-0.05, 0) is 24.3 Å². The van der Waals surface area contributed by atoms with E-state index in [1.807, 2.05) is 25.1 Å². The molecule has 0 saturated heterocycles. The van der Waals surface area contributed by atoms with Crippen LogP contribution in [0.3, 0.4) is 0 Å². The Morgan fingerprint density at radius 2 is 2.05 bits per heavy atom. The Balaban J connectivity index is 2.24. The van der Waals surface area contributed by atoms with Crippen LogP contribution in [0.1, 0.15) is 10.4 Å². The summed E-state index contributed by atoms with van der Waals surface area (Å²) in [5.74, 6) is 0.207. The molecule has 0 atom stereocenters. The lowest BCUT2D eigenvalue weighted by atomic mass is 10.2. The highest BCUT2D eigenvalue weighted by atomic mass is 35.5. The van der Waals surface area contributed by atoms with Crippen molar-refractivity contribution in [2.24, 2.45) is 0 Å². The molecule has 0 spiro atoms. The standard InChI is InChI=1S/C15H16ClN3O2/c1-19(2)13-6-5-11(16)8-12(13)18-15(20)10-4-7-14(21-3)17-9-10/h4-9H,1-3H3,(H,18,20). The molecule has 0 fully saturated rings. The second-order valence-corrected chi connectivity index (χ2v) is 5.04. The number of ether oxygens (including phenoxy) is 1. The van der Waals surface area contributed by atoms with Crippen LogP contribution < -0.4 is 15.0 Å². The van der Waals surface area contributed by atoms with Crippen molar-refractivity contribution in [3.8, 4) is 5.88 Å². The molecule has 1 aromatic heterocycles. The molecule has 21 heavy (non-hydrogen) atoms. The lowest BCUT2D eigenvalue weighted by Crippen LogP contribution is -2.17. The monoisotopic (exact) mass is 305 g/mol. The molecule has 1 amide bonds. The van der Waals surface area contributed by atoms with Gasteiger partial charge in [0.25, 0.3) is 5.91 Å². The van der Waals surface area contributed by atoms with Gasteiger partial charge in [0.1, 0.15) is 0 Å². The van der Waals surface area contributed by atoms with Crippen LogP contribution in [0.25, 0.3) is 0 Å². The number of carbonyl (C=O) groups is 1. The van der Waals surface area contributed by atoms with Crippen molar-refractivity contribution in [2.45, 2.75) is 0 Å². The third-order valence-corrected chi connectivity index (χ3v) is 3.13. The predicted octanol–water partition coefficient (Wildman–Crippen LogP) is 3.06. The summed E-state index contributed by atoms with van der Waals surface area (Å²) in [5, 5.41) is 3.40. The van der Waals surface area contributed by atoms with Gasteiger partial charge in [0.2, 0.25) is 5.88 Å². The van der Waals surface area contributed by atoms with Crippen LogP contribution in [0, 0.1) is 0 Å². The van der Waals surface area contributed by atoms with Gasteiger partial charge in [0.15, 0.2) is 0 Å². The molecule has 0 unspecified atom stereocenters. The summed E-state index contributed by atoms with van der Waals surface area (Å²) in [5.41, 5.74) is 1.96. The molecule has 0 saturated carbocycles. The first-order valence-corrected chi connectivity index (χ1v) is 6.67. The zero-order valence-corrected chi connectivity index (χ0v) is 12.8. The molecule has 0 aliphatic rings. The highest BCUT2D eigenvalue weighted by Gasteiger charge is 2.11. The summed E-state index contributed by atoms with van der Waals surface area (Å²) in [4.78, 5) is 18.2. The number of pyridine rings is 1. The van der Waals surface area contributed by atoms with Crippen LogP contribution in [0.4, 0.5) is 11.4 Å². The minimum absolute atomic E-state index is 0.254. The van der Waals surface area contributed by atoms with E-state index in [1.165, 1.54) is 13.3 Å². The van der Waals surface area contributed by atoms with Crippen LogP contribution in [-0.4, -0.2) is 32.1 Å². The second-order valence-electron chi connectivity index (χ2n) is 4.60. The average Bonchev–Trinajstić information content (AvgIpc) is 2.47. The number of rotatable bonds is 4. The maximum atomic E-state index is 12.2. The van der Waals surface area contributed by atoms with E-state index in [4.69, 9.17) is 16.3 Å². The van der Waals surface area contributed by atoms with E-state index >= 15 is 0 Å². The van der Waals surface area contributed by atoms with Gasteiger partial charge in [0.05, 0.1) is 24.0 Å². The lowest BCUT2D eigenvalue weighted by Gasteiger charge is -2.18. The fourth-order valence-corrected chi connectivity index (χ4v) is 2.00. The molecule has 0 aliphatic carbocycles. The van der Waals surface area contributed by atoms with Gasteiger partial charge in [-0.1, -0.05) is 11.6 Å². The minimum Gasteiger partial charge on any atom is -0.481 e. The third kappa shape index (κ3) is 3.64. The van der Waals surface area contributed by atoms with Crippen LogP contribution >= 0.6 is 11.6 Å². The van der Waals surface area contributed by atoms with Gasteiger partial charge in [-0.3, -0.25) is 4.79 Å². The first-order chi connectivity index (χ1) is 10.0. The molecule has 5 nitrogen and oxygen atoms in total. The number of benzene rings is 1. The zero-order chi connectivity index (χ0) is 15.4. The quantitative estimate of drug-likeness (QED) is 0.943. The smallest absolute Gasteiger partial charge is 0.257 e. The molecule has 110 valence electrons. The number of aromatic nitrogens is 1. The molecule has 1 aromatic carbocycles. The average molecular weight is 306 g/mol. The van der Waals surface area contributed by atoms with Crippen molar-refractivity contribution in [2.75, 3.05) is 31.4 Å². The molecular formula is C15H16ClN3O2. The Morgan fingerprint density at radius 3 is 2.62 bits per heavy atom. The molecule has 0 bridgehead atoms. The van der Waals surface area contributed by atoms with Crippen LogP contribution in [-0.2, 0) is 0 Å². The summed E-state index contributed by atoms with van der Waals surface area (Å²) >= 11 is 5.99. The van der Waals surface area contributed by atoms with Gasteiger partial charge in [-0.25, -0.2) is 4.98 Å². The van der Waals surface area contributed by atoms with E-state index in [9.17, 15) is 4.79 Å². The minimum atomic E-state index is -0.254. The van der Waals surface area contributed by atoms with Crippen molar-refractivity contribution in [3.05, 3.63) is 47.1 Å². The van der Waals surface area contributed by atoms with E-state index < -0.39 is 0 Å². The summed E-state index contributed by atoms with van der Waals surface area (Å²) in [6, 6.07) is 8.64. The van der Waals surface area contributed by atoms with Gasteiger partial charge in [-0.2, -0.15) is 0 Å². The number of hydrogen-bond donors (Lipinski definition) is 1. The topological polar surface area (TPSA) is 54.5 Å². The van der Waals surface area contributed by atoms with Crippen LogP contribution in [0.15, 0.2) is 36.5 Å². The maximum absolute atomic E-state index is 12.2. The van der Waals surface area contributed by atoms with Gasteiger partial charge >= 0.3 is 0 Å². The zero-order valence-electron chi connectivity index (χ0n) is 12.1. The number of hydrogen-bond acceptors (Lipinski definition) is 4. The van der Waals surface area contributed by atoms with Crippen LogP contribution in [0.2, 0.25) is 5.02 Å². The number of nitrogens with one attached hydrogen (secondary N) is 1. The lowest BCUT2D eigenvalue weighted by molar-refractivity contribution is 0.102. The number of methoxy groups -OCH3 is 1. The Kier molecular flexibility index (Phi) is 4.65. The SMILES string of the molecule is COc1ccc(C(=O)Nc2cc(Cl)ccc2N(C)C)cn1. The Bertz CT molecular complexity index is 642. The molecule has 1 N–H and O–H groups in total. The number of anilines is 2.